The van der Waals surface area contributed by atoms with Crippen LogP contribution in [0, 0.1) is 6.92 Å². The van der Waals surface area contributed by atoms with Gasteiger partial charge in [0.2, 0.25) is 5.76 Å². The Kier molecular flexibility index (Phi) is 4.32. The first kappa shape index (κ1) is 13.5. The van der Waals surface area contributed by atoms with Crippen molar-refractivity contribution in [2.24, 2.45) is 0 Å². The Hall–Kier alpha value is -0.970. The van der Waals surface area contributed by atoms with E-state index in [2.05, 4.69) is 12.1 Å². The van der Waals surface area contributed by atoms with E-state index >= 15 is 0 Å². The maximum atomic E-state index is 12.2. The Balaban J connectivity index is 1.95. The highest BCUT2D eigenvalue weighted by atomic mass is 32.2. The third-order valence-corrected chi connectivity index (χ3v) is 4.70. The van der Waals surface area contributed by atoms with E-state index in [1.165, 1.54) is 6.42 Å². The van der Waals surface area contributed by atoms with Gasteiger partial charge in [-0.05, 0) is 31.9 Å². The van der Waals surface area contributed by atoms with E-state index in [1.54, 1.807) is 6.07 Å². The van der Waals surface area contributed by atoms with Gasteiger partial charge in [-0.3, -0.25) is 4.79 Å². The second-order valence-electron chi connectivity index (χ2n) is 4.79. The fourth-order valence-corrected chi connectivity index (χ4v) is 3.59. The summed E-state index contributed by atoms with van der Waals surface area (Å²) in [6, 6.07) is 2.04. The minimum Gasteiger partial charge on any atom is -0.351 e. The molecule has 1 heterocycles. The molecular weight excluding hydrogens is 248 g/mol. The maximum absolute atomic E-state index is 12.2. The fraction of sp³-hybridized carbons (Fsp3) is 0.692. The van der Waals surface area contributed by atoms with Crippen molar-refractivity contribution < 1.29 is 9.32 Å². The van der Waals surface area contributed by atoms with Crippen LogP contribution in [0.1, 0.15) is 42.4 Å². The van der Waals surface area contributed by atoms with Gasteiger partial charge in [0.25, 0.3) is 5.91 Å². The molecule has 4 nitrogen and oxygen atoms in total. The van der Waals surface area contributed by atoms with Crippen LogP contribution >= 0.6 is 11.8 Å². The first-order chi connectivity index (χ1) is 8.61. The number of hydrogen-bond donors (Lipinski definition) is 0. The normalized spacial score (nSPS) is 23.3. The van der Waals surface area contributed by atoms with Crippen molar-refractivity contribution in [3.05, 3.63) is 17.5 Å². The van der Waals surface area contributed by atoms with Crippen molar-refractivity contribution in [2.75, 3.05) is 12.8 Å². The molecule has 5 heteroatoms. The summed E-state index contributed by atoms with van der Waals surface area (Å²) < 4.78 is 5.03. The standard InChI is InChI=1S/C13H20N2O2S/c1-4-18-11-6-5-10(8-11)15(3)13(16)12-7-9(2)14-17-12/h7,10-11H,4-6,8H2,1-3H3/t10-,11-/m0/s1. The van der Waals surface area contributed by atoms with E-state index in [4.69, 9.17) is 4.52 Å². The van der Waals surface area contributed by atoms with Crippen LogP contribution < -0.4 is 0 Å². The molecule has 0 N–H and O–H groups in total. The van der Waals surface area contributed by atoms with E-state index in [-0.39, 0.29) is 5.91 Å². The molecular formula is C13H20N2O2S. The lowest BCUT2D eigenvalue weighted by Gasteiger charge is -2.23. The van der Waals surface area contributed by atoms with Gasteiger partial charge in [-0.2, -0.15) is 11.8 Å². The number of aromatic nitrogens is 1. The number of rotatable bonds is 4. The van der Waals surface area contributed by atoms with Crippen LogP contribution in [0.15, 0.2) is 10.6 Å². The molecule has 0 aliphatic heterocycles. The second kappa shape index (κ2) is 5.78. The van der Waals surface area contributed by atoms with Crippen molar-refractivity contribution in [3.8, 4) is 0 Å². The van der Waals surface area contributed by atoms with Crippen molar-refractivity contribution in [3.63, 3.8) is 0 Å². The molecule has 0 bridgehead atoms. The summed E-state index contributed by atoms with van der Waals surface area (Å²) in [6.07, 6.45) is 3.39. The first-order valence-electron chi connectivity index (χ1n) is 6.44. The molecule has 0 saturated heterocycles. The number of carbonyl (C=O) groups excluding carboxylic acids is 1. The third-order valence-electron chi connectivity index (χ3n) is 3.47. The summed E-state index contributed by atoms with van der Waals surface area (Å²) in [5.74, 6) is 1.44. The summed E-state index contributed by atoms with van der Waals surface area (Å²) in [4.78, 5) is 14.0. The monoisotopic (exact) mass is 268 g/mol. The van der Waals surface area contributed by atoms with Crippen LogP contribution in [0.2, 0.25) is 0 Å². The van der Waals surface area contributed by atoms with Gasteiger partial charge in [0.05, 0.1) is 5.69 Å². The number of thioether (sulfide) groups is 1. The molecule has 1 amide bonds. The summed E-state index contributed by atoms with van der Waals surface area (Å²) in [6.45, 7) is 4.01. The Bertz CT molecular complexity index is 419. The summed E-state index contributed by atoms with van der Waals surface area (Å²) in [5.41, 5.74) is 0.748. The highest BCUT2D eigenvalue weighted by Gasteiger charge is 2.31. The van der Waals surface area contributed by atoms with E-state index in [0.717, 1.165) is 24.3 Å². The molecule has 0 unspecified atom stereocenters. The average molecular weight is 268 g/mol. The molecule has 1 fully saturated rings. The molecule has 0 radical (unpaired) electrons. The first-order valence-corrected chi connectivity index (χ1v) is 7.48. The second-order valence-corrected chi connectivity index (χ2v) is 6.37. The van der Waals surface area contributed by atoms with Gasteiger partial charge in [-0.1, -0.05) is 12.1 Å². The van der Waals surface area contributed by atoms with Crippen LogP contribution in [0.25, 0.3) is 0 Å². The van der Waals surface area contributed by atoms with Crippen LogP contribution in [-0.4, -0.2) is 40.1 Å². The molecule has 1 aromatic heterocycles. The predicted octanol–water partition coefficient (Wildman–Crippen LogP) is 2.73. The highest BCUT2D eigenvalue weighted by molar-refractivity contribution is 7.99. The zero-order chi connectivity index (χ0) is 13.1. The summed E-state index contributed by atoms with van der Waals surface area (Å²) >= 11 is 2.00. The third kappa shape index (κ3) is 2.88. The minimum absolute atomic E-state index is 0.0530. The molecule has 2 atom stereocenters. The zero-order valence-corrected chi connectivity index (χ0v) is 12.0. The predicted molar refractivity (Wildman–Crippen MR) is 72.9 cm³/mol. The highest BCUT2D eigenvalue weighted by Crippen LogP contribution is 2.32. The average Bonchev–Trinajstić information content (AvgIpc) is 2.97. The van der Waals surface area contributed by atoms with Gasteiger partial charge in [0.1, 0.15) is 0 Å². The molecule has 1 aromatic rings. The molecule has 1 aliphatic rings. The molecule has 2 rings (SSSR count). The number of aryl methyl sites for hydroxylation is 1. The molecule has 1 saturated carbocycles. The summed E-state index contributed by atoms with van der Waals surface area (Å²) in [5, 5.41) is 4.47. The van der Waals surface area contributed by atoms with Crippen LogP contribution in [0.5, 0.6) is 0 Å². The lowest BCUT2D eigenvalue weighted by molar-refractivity contribution is 0.0693. The topological polar surface area (TPSA) is 46.3 Å². The minimum atomic E-state index is -0.0530. The lowest BCUT2D eigenvalue weighted by atomic mass is 10.2. The van der Waals surface area contributed by atoms with Crippen molar-refractivity contribution in [2.45, 2.75) is 44.4 Å². The Morgan fingerprint density at radius 1 is 1.61 bits per heavy atom. The van der Waals surface area contributed by atoms with Crippen LogP contribution in [0.3, 0.4) is 0 Å². The van der Waals surface area contributed by atoms with Crippen LogP contribution in [-0.2, 0) is 0 Å². The Morgan fingerprint density at radius 3 is 3.00 bits per heavy atom. The quantitative estimate of drug-likeness (QED) is 0.842. The zero-order valence-electron chi connectivity index (χ0n) is 11.2. The number of nitrogens with zero attached hydrogens (tertiary/aromatic N) is 2. The van der Waals surface area contributed by atoms with Gasteiger partial charge < -0.3 is 9.42 Å². The Labute approximate surface area is 112 Å². The number of carbonyl (C=O) groups is 1. The largest absolute Gasteiger partial charge is 0.351 e. The van der Waals surface area contributed by atoms with Crippen LogP contribution in [0.4, 0.5) is 0 Å². The van der Waals surface area contributed by atoms with E-state index in [0.29, 0.717) is 17.1 Å². The van der Waals surface area contributed by atoms with E-state index < -0.39 is 0 Å². The van der Waals surface area contributed by atoms with Crippen molar-refractivity contribution in [1.29, 1.82) is 0 Å². The smallest absolute Gasteiger partial charge is 0.292 e. The van der Waals surface area contributed by atoms with Gasteiger partial charge >= 0.3 is 0 Å². The SMILES string of the molecule is CCS[C@H]1CC[C@H](N(C)C(=O)c2cc(C)no2)C1. The van der Waals surface area contributed by atoms with Crippen molar-refractivity contribution >= 4 is 17.7 Å². The van der Waals surface area contributed by atoms with Gasteiger partial charge in [0.15, 0.2) is 0 Å². The van der Waals surface area contributed by atoms with E-state index in [9.17, 15) is 4.79 Å². The molecule has 1 aliphatic carbocycles. The molecule has 0 spiro atoms. The van der Waals surface area contributed by atoms with Crippen molar-refractivity contribution in [1.82, 2.24) is 10.1 Å². The van der Waals surface area contributed by atoms with Gasteiger partial charge in [-0.15, -0.1) is 0 Å². The number of hydrogen-bond acceptors (Lipinski definition) is 4. The molecule has 0 aromatic carbocycles. The fourth-order valence-electron chi connectivity index (χ4n) is 2.46. The molecule has 100 valence electrons. The molecule has 18 heavy (non-hydrogen) atoms. The maximum Gasteiger partial charge on any atom is 0.292 e. The van der Waals surface area contributed by atoms with Gasteiger partial charge in [-0.25, -0.2) is 0 Å². The Morgan fingerprint density at radius 2 is 2.39 bits per heavy atom. The van der Waals surface area contributed by atoms with Gasteiger partial charge in [0, 0.05) is 24.4 Å². The lowest BCUT2D eigenvalue weighted by Crippen LogP contribution is -2.35. The van der Waals surface area contributed by atoms with E-state index in [1.807, 2.05) is 30.6 Å². The number of amides is 1. The summed E-state index contributed by atoms with van der Waals surface area (Å²) in [7, 11) is 1.86.